The summed E-state index contributed by atoms with van der Waals surface area (Å²) in [4.78, 5) is 11.3. The standard InChI is InChI=1S/C13H15BrO3/c1-17-12(15)10-6-13(16,7-10)11-4-2-9(8-14)3-5-11/h2-5,10,16H,6-8H2,1H3. The number of benzene rings is 1. The Morgan fingerprint density at radius 3 is 2.53 bits per heavy atom. The monoisotopic (exact) mass is 298 g/mol. The van der Waals surface area contributed by atoms with Crippen molar-refractivity contribution in [2.45, 2.75) is 23.8 Å². The van der Waals surface area contributed by atoms with Gasteiger partial charge in [-0.15, -0.1) is 0 Å². The normalized spacial score (nSPS) is 27.4. The molecule has 0 heterocycles. The van der Waals surface area contributed by atoms with Crippen molar-refractivity contribution in [1.82, 2.24) is 0 Å². The van der Waals surface area contributed by atoms with Crippen LogP contribution in [0.5, 0.6) is 0 Å². The molecule has 1 N–H and O–H groups in total. The first-order valence-corrected chi connectivity index (χ1v) is 6.67. The summed E-state index contributed by atoms with van der Waals surface area (Å²) < 4.78 is 4.66. The van der Waals surface area contributed by atoms with Gasteiger partial charge in [-0.3, -0.25) is 4.79 Å². The molecule has 0 aromatic heterocycles. The molecule has 1 aliphatic rings. The van der Waals surface area contributed by atoms with Crippen LogP contribution in [0.3, 0.4) is 0 Å². The second-order valence-corrected chi connectivity index (χ2v) is 5.05. The van der Waals surface area contributed by atoms with Crippen molar-refractivity contribution < 1.29 is 14.6 Å². The first-order chi connectivity index (χ1) is 8.09. The molecule has 0 atom stereocenters. The second-order valence-electron chi connectivity index (χ2n) is 4.49. The van der Waals surface area contributed by atoms with Gasteiger partial charge in [0.25, 0.3) is 0 Å². The Labute approximate surface area is 109 Å². The quantitative estimate of drug-likeness (QED) is 0.688. The Kier molecular flexibility index (Phi) is 3.54. The molecule has 2 rings (SSSR count). The van der Waals surface area contributed by atoms with Gasteiger partial charge in [-0.05, 0) is 24.0 Å². The van der Waals surface area contributed by atoms with Crippen molar-refractivity contribution >= 4 is 21.9 Å². The minimum Gasteiger partial charge on any atom is -0.469 e. The zero-order valence-corrected chi connectivity index (χ0v) is 11.2. The first kappa shape index (κ1) is 12.6. The summed E-state index contributed by atoms with van der Waals surface area (Å²) in [6.07, 6.45) is 0.903. The van der Waals surface area contributed by atoms with E-state index in [4.69, 9.17) is 0 Å². The molecule has 3 nitrogen and oxygen atoms in total. The van der Waals surface area contributed by atoms with E-state index in [1.165, 1.54) is 12.7 Å². The number of hydrogen-bond acceptors (Lipinski definition) is 3. The lowest BCUT2D eigenvalue weighted by molar-refractivity contribution is -0.163. The number of hydrogen-bond donors (Lipinski definition) is 1. The van der Waals surface area contributed by atoms with Gasteiger partial charge in [0.05, 0.1) is 18.6 Å². The minimum absolute atomic E-state index is 0.166. The van der Waals surface area contributed by atoms with E-state index in [0.29, 0.717) is 12.8 Å². The van der Waals surface area contributed by atoms with Crippen molar-refractivity contribution in [3.63, 3.8) is 0 Å². The van der Waals surface area contributed by atoms with Crippen LogP contribution in [0.2, 0.25) is 0 Å². The summed E-state index contributed by atoms with van der Waals surface area (Å²) in [5.41, 5.74) is 1.19. The molecule has 1 aromatic carbocycles. The number of ether oxygens (including phenoxy) is 1. The number of aliphatic hydroxyl groups is 1. The molecule has 0 radical (unpaired) electrons. The Hall–Kier alpha value is -0.870. The fourth-order valence-electron chi connectivity index (χ4n) is 2.23. The van der Waals surface area contributed by atoms with E-state index in [2.05, 4.69) is 20.7 Å². The Morgan fingerprint density at radius 1 is 1.47 bits per heavy atom. The molecule has 17 heavy (non-hydrogen) atoms. The number of alkyl halides is 1. The minimum atomic E-state index is -0.857. The summed E-state index contributed by atoms with van der Waals surface area (Å²) in [6, 6.07) is 7.80. The van der Waals surface area contributed by atoms with Crippen LogP contribution in [0.15, 0.2) is 24.3 Å². The van der Waals surface area contributed by atoms with Gasteiger partial charge >= 0.3 is 5.97 Å². The predicted molar refractivity (Wildman–Crippen MR) is 67.7 cm³/mol. The van der Waals surface area contributed by atoms with Crippen molar-refractivity contribution in [3.05, 3.63) is 35.4 Å². The smallest absolute Gasteiger partial charge is 0.308 e. The van der Waals surface area contributed by atoms with Crippen LogP contribution in [0.4, 0.5) is 0 Å². The van der Waals surface area contributed by atoms with E-state index in [1.807, 2.05) is 24.3 Å². The van der Waals surface area contributed by atoms with E-state index in [9.17, 15) is 9.90 Å². The van der Waals surface area contributed by atoms with Crippen molar-refractivity contribution in [2.24, 2.45) is 5.92 Å². The third-order valence-electron chi connectivity index (χ3n) is 3.35. The van der Waals surface area contributed by atoms with Crippen LogP contribution in [0.25, 0.3) is 0 Å². The maximum absolute atomic E-state index is 11.3. The average molecular weight is 299 g/mol. The van der Waals surface area contributed by atoms with Gasteiger partial charge in [0.1, 0.15) is 0 Å². The largest absolute Gasteiger partial charge is 0.469 e. The van der Waals surface area contributed by atoms with Crippen LogP contribution in [-0.4, -0.2) is 18.2 Å². The van der Waals surface area contributed by atoms with Crippen LogP contribution in [0, 0.1) is 5.92 Å². The molecule has 92 valence electrons. The molecule has 0 aliphatic heterocycles. The SMILES string of the molecule is COC(=O)C1CC(O)(c2ccc(CBr)cc2)C1. The summed E-state index contributed by atoms with van der Waals surface area (Å²) in [5, 5.41) is 11.1. The summed E-state index contributed by atoms with van der Waals surface area (Å²) in [7, 11) is 1.38. The highest BCUT2D eigenvalue weighted by Gasteiger charge is 2.47. The third kappa shape index (κ3) is 2.38. The van der Waals surface area contributed by atoms with E-state index in [-0.39, 0.29) is 11.9 Å². The molecular weight excluding hydrogens is 284 g/mol. The number of methoxy groups -OCH3 is 1. The first-order valence-electron chi connectivity index (χ1n) is 5.54. The van der Waals surface area contributed by atoms with Gasteiger partial charge in [-0.25, -0.2) is 0 Å². The molecular formula is C13H15BrO3. The van der Waals surface area contributed by atoms with Gasteiger partial charge < -0.3 is 9.84 Å². The summed E-state index contributed by atoms with van der Waals surface area (Å²) in [6.45, 7) is 0. The molecule has 1 aliphatic carbocycles. The van der Waals surface area contributed by atoms with Gasteiger partial charge in [-0.2, -0.15) is 0 Å². The van der Waals surface area contributed by atoms with Crippen LogP contribution in [-0.2, 0) is 20.5 Å². The molecule has 1 fully saturated rings. The fourth-order valence-corrected chi connectivity index (χ4v) is 2.60. The fraction of sp³-hybridized carbons (Fsp3) is 0.462. The lowest BCUT2D eigenvalue weighted by Gasteiger charge is -2.42. The maximum Gasteiger partial charge on any atom is 0.308 e. The number of carbonyl (C=O) groups is 1. The van der Waals surface area contributed by atoms with E-state index in [1.54, 1.807) is 0 Å². The Bertz CT molecular complexity index is 407. The van der Waals surface area contributed by atoms with Gasteiger partial charge in [-0.1, -0.05) is 40.2 Å². The molecule has 0 bridgehead atoms. The highest BCUT2D eigenvalue weighted by atomic mass is 79.9. The molecule has 0 amide bonds. The Balaban J connectivity index is 2.06. The highest BCUT2D eigenvalue weighted by Crippen LogP contribution is 2.46. The topological polar surface area (TPSA) is 46.5 Å². The summed E-state index contributed by atoms with van der Waals surface area (Å²) >= 11 is 3.38. The molecule has 1 saturated carbocycles. The van der Waals surface area contributed by atoms with Crippen LogP contribution < -0.4 is 0 Å². The average Bonchev–Trinajstić information content (AvgIpc) is 2.34. The molecule has 0 saturated heterocycles. The number of rotatable bonds is 3. The highest BCUT2D eigenvalue weighted by molar-refractivity contribution is 9.08. The molecule has 0 spiro atoms. The van der Waals surface area contributed by atoms with Crippen LogP contribution >= 0.6 is 15.9 Å². The van der Waals surface area contributed by atoms with Gasteiger partial charge in [0, 0.05) is 5.33 Å². The van der Waals surface area contributed by atoms with Crippen molar-refractivity contribution in [1.29, 1.82) is 0 Å². The zero-order chi connectivity index (χ0) is 12.5. The maximum atomic E-state index is 11.3. The molecule has 0 unspecified atom stereocenters. The third-order valence-corrected chi connectivity index (χ3v) is 4.00. The van der Waals surface area contributed by atoms with Crippen molar-refractivity contribution in [2.75, 3.05) is 7.11 Å². The van der Waals surface area contributed by atoms with E-state index in [0.717, 1.165) is 10.9 Å². The number of halogens is 1. The Morgan fingerprint density at radius 2 is 2.06 bits per heavy atom. The zero-order valence-electron chi connectivity index (χ0n) is 9.65. The number of carbonyl (C=O) groups excluding carboxylic acids is 1. The lowest BCUT2D eigenvalue weighted by Crippen LogP contribution is -2.44. The predicted octanol–water partition coefficient (Wildman–Crippen LogP) is 2.35. The van der Waals surface area contributed by atoms with Gasteiger partial charge in [0.15, 0.2) is 0 Å². The van der Waals surface area contributed by atoms with Crippen LogP contribution in [0.1, 0.15) is 24.0 Å². The second kappa shape index (κ2) is 4.78. The summed E-state index contributed by atoms with van der Waals surface area (Å²) in [5.74, 6) is -0.396. The van der Waals surface area contributed by atoms with E-state index >= 15 is 0 Å². The molecule has 1 aromatic rings. The number of esters is 1. The lowest BCUT2D eigenvalue weighted by atomic mass is 9.67. The molecule has 4 heteroatoms. The van der Waals surface area contributed by atoms with Crippen molar-refractivity contribution in [3.8, 4) is 0 Å². The van der Waals surface area contributed by atoms with E-state index < -0.39 is 5.60 Å². The van der Waals surface area contributed by atoms with Gasteiger partial charge in [0.2, 0.25) is 0 Å².